The molecule has 2 aromatic rings. The second kappa shape index (κ2) is 9.59. The minimum atomic E-state index is -0.177. The van der Waals surface area contributed by atoms with Crippen molar-refractivity contribution >= 4 is 29.5 Å². The zero-order valence-corrected chi connectivity index (χ0v) is 14.7. The maximum atomic E-state index is 11.9. The van der Waals surface area contributed by atoms with Crippen molar-refractivity contribution in [1.29, 1.82) is 0 Å². The molecule has 2 rings (SSSR count). The molecule has 2 amide bonds. The van der Waals surface area contributed by atoms with Crippen LogP contribution in [0.2, 0.25) is 5.02 Å². The summed E-state index contributed by atoms with van der Waals surface area (Å²) in [7, 11) is 0. The number of carbonyl (C=O) groups is 2. The fourth-order valence-corrected chi connectivity index (χ4v) is 2.14. The Labute approximate surface area is 152 Å². The normalized spacial score (nSPS) is 10.6. The van der Waals surface area contributed by atoms with Gasteiger partial charge >= 0.3 is 0 Å². The van der Waals surface area contributed by atoms with E-state index in [9.17, 15) is 9.59 Å². The van der Waals surface area contributed by atoms with Crippen molar-refractivity contribution in [2.45, 2.75) is 13.3 Å². The number of hydrogen-bond acceptors (Lipinski definition) is 3. The van der Waals surface area contributed by atoms with E-state index in [4.69, 9.17) is 11.6 Å². The topological polar surface area (TPSA) is 71.1 Å². The summed E-state index contributed by atoms with van der Waals surface area (Å²) >= 11 is 5.80. The number of amides is 2. The summed E-state index contributed by atoms with van der Waals surface area (Å²) in [5.41, 5.74) is 2.30. The minimum absolute atomic E-state index is 0.165. The Bertz CT molecular complexity index is 740. The van der Waals surface area contributed by atoms with E-state index < -0.39 is 0 Å². The van der Waals surface area contributed by atoms with Crippen molar-refractivity contribution in [2.75, 3.05) is 13.1 Å². The molecule has 5 nitrogen and oxygen atoms in total. The average molecular weight is 358 g/mol. The summed E-state index contributed by atoms with van der Waals surface area (Å²) in [6, 6.07) is 10.7. The summed E-state index contributed by atoms with van der Waals surface area (Å²) < 4.78 is 0. The molecule has 0 atom stereocenters. The van der Waals surface area contributed by atoms with Gasteiger partial charge in [0.15, 0.2) is 0 Å². The second-order valence-electron chi connectivity index (χ2n) is 5.47. The van der Waals surface area contributed by atoms with E-state index in [0.29, 0.717) is 30.1 Å². The van der Waals surface area contributed by atoms with Crippen LogP contribution in [0.5, 0.6) is 0 Å². The van der Waals surface area contributed by atoms with Crippen LogP contribution in [0, 0.1) is 6.92 Å². The van der Waals surface area contributed by atoms with Crippen molar-refractivity contribution < 1.29 is 9.59 Å². The quantitative estimate of drug-likeness (QED) is 0.591. The summed E-state index contributed by atoms with van der Waals surface area (Å²) in [6.45, 7) is 2.83. The summed E-state index contributed by atoms with van der Waals surface area (Å²) in [5.74, 6) is -0.342. The van der Waals surface area contributed by atoms with Gasteiger partial charge in [-0.1, -0.05) is 23.7 Å². The van der Waals surface area contributed by atoms with Gasteiger partial charge in [-0.05, 0) is 49.2 Å². The lowest BCUT2D eigenvalue weighted by Crippen LogP contribution is -2.29. The Balaban J connectivity index is 1.63. The molecule has 0 radical (unpaired) electrons. The summed E-state index contributed by atoms with van der Waals surface area (Å²) in [6.07, 6.45) is 5.39. The van der Waals surface area contributed by atoms with Crippen LogP contribution < -0.4 is 10.6 Å². The lowest BCUT2D eigenvalue weighted by molar-refractivity contribution is -0.116. The SMILES string of the molecule is Cc1ccc(C(=O)NCCCNC(=O)/C=C/c2ccc(Cl)cc2)cn1. The zero-order valence-electron chi connectivity index (χ0n) is 14.0. The maximum Gasteiger partial charge on any atom is 0.252 e. The zero-order chi connectivity index (χ0) is 18.1. The molecule has 0 aliphatic carbocycles. The molecule has 0 aliphatic heterocycles. The van der Waals surface area contributed by atoms with Crippen LogP contribution >= 0.6 is 11.6 Å². The van der Waals surface area contributed by atoms with Crippen molar-refractivity contribution in [1.82, 2.24) is 15.6 Å². The first kappa shape index (κ1) is 18.7. The molecule has 0 aliphatic rings. The van der Waals surface area contributed by atoms with Gasteiger partial charge in [0.05, 0.1) is 5.56 Å². The van der Waals surface area contributed by atoms with E-state index in [1.165, 1.54) is 6.08 Å². The van der Waals surface area contributed by atoms with Gasteiger partial charge in [0, 0.05) is 36.1 Å². The highest BCUT2D eigenvalue weighted by molar-refractivity contribution is 6.30. The van der Waals surface area contributed by atoms with Crippen molar-refractivity contribution in [3.05, 3.63) is 70.5 Å². The number of rotatable bonds is 7. The van der Waals surface area contributed by atoms with Crippen molar-refractivity contribution in [2.24, 2.45) is 0 Å². The second-order valence-corrected chi connectivity index (χ2v) is 5.91. The first-order chi connectivity index (χ1) is 12.0. The number of pyridine rings is 1. The third-order valence-corrected chi connectivity index (χ3v) is 3.66. The molecule has 1 aromatic carbocycles. The van der Waals surface area contributed by atoms with Gasteiger partial charge in [-0.3, -0.25) is 14.6 Å². The monoisotopic (exact) mass is 357 g/mol. The minimum Gasteiger partial charge on any atom is -0.352 e. The molecule has 130 valence electrons. The molecule has 0 bridgehead atoms. The molecule has 0 fully saturated rings. The molecule has 6 heteroatoms. The third-order valence-electron chi connectivity index (χ3n) is 3.41. The number of aromatic nitrogens is 1. The van der Waals surface area contributed by atoms with Crippen LogP contribution in [0.4, 0.5) is 0 Å². The van der Waals surface area contributed by atoms with Crippen LogP contribution in [-0.2, 0) is 4.79 Å². The first-order valence-electron chi connectivity index (χ1n) is 7.97. The van der Waals surface area contributed by atoms with Crippen LogP contribution in [-0.4, -0.2) is 29.9 Å². The molecule has 0 saturated carbocycles. The van der Waals surface area contributed by atoms with Gasteiger partial charge in [0.25, 0.3) is 5.91 Å². The lowest BCUT2D eigenvalue weighted by Gasteiger charge is -2.06. The van der Waals surface area contributed by atoms with Crippen molar-refractivity contribution in [3.63, 3.8) is 0 Å². The molecular formula is C19H20ClN3O2. The Hall–Kier alpha value is -2.66. The average Bonchev–Trinajstić information content (AvgIpc) is 2.61. The molecule has 25 heavy (non-hydrogen) atoms. The molecule has 2 N–H and O–H groups in total. The number of halogens is 1. The molecule has 1 heterocycles. The van der Waals surface area contributed by atoms with E-state index >= 15 is 0 Å². The first-order valence-corrected chi connectivity index (χ1v) is 8.35. The predicted molar refractivity (Wildman–Crippen MR) is 99.4 cm³/mol. The van der Waals surface area contributed by atoms with Crippen LogP contribution in [0.3, 0.4) is 0 Å². The number of nitrogens with one attached hydrogen (secondary N) is 2. The number of hydrogen-bond donors (Lipinski definition) is 2. The van der Waals surface area contributed by atoms with Gasteiger partial charge < -0.3 is 10.6 Å². The predicted octanol–water partition coefficient (Wildman–Crippen LogP) is 2.99. The van der Waals surface area contributed by atoms with Crippen molar-refractivity contribution in [3.8, 4) is 0 Å². The fraction of sp³-hybridized carbons (Fsp3) is 0.211. The largest absolute Gasteiger partial charge is 0.352 e. The maximum absolute atomic E-state index is 11.9. The Morgan fingerprint density at radius 3 is 2.48 bits per heavy atom. The Morgan fingerprint density at radius 2 is 1.80 bits per heavy atom. The lowest BCUT2D eigenvalue weighted by atomic mass is 10.2. The molecular weight excluding hydrogens is 338 g/mol. The molecule has 0 unspecified atom stereocenters. The van der Waals surface area contributed by atoms with Crippen LogP contribution in [0.25, 0.3) is 6.08 Å². The van der Waals surface area contributed by atoms with E-state index in [2.05, 4.69) is 15.6 Å². The molecule has 0 spiro atoms. The molecule has 0 saturated heterocycles. The third kappa shape index (κ3) is 6.77. The van der Waals surface area contributed by atoms with Crippen LogP contribution in [0.15, 0.2) is 48.7 Å². The highest BCUT2D eigenvalue weighted by Gasteiger charge is 2.04. The van der Waals surface area contributed by atoms with E-state index in [-0.39, 0.29) is 11.8 Å². The number of benzene rings is 1. The van der Waals surface area contributed by atoms with Crippen LogP contribution in [0.1, 0.15) is 28.0 Å². The standard InChI is InChI=1S/C19H20ClN3O2/c1-14-3-7-16(13-23-14)19(25)22-12-2-11-21-18(24)10-6-15-4-8-17(20)9-5-15/h3-10,13H,2,11-12H2,1H3,(H,21,24)(H,22,25)/b10-6+. The molecule has 1 aromatic heterocycles. The number of nitrogens with zero attached hydrogens (tertiary/aromatic N) is 1. The van der Waals surface area contributed by atoms with Gasteiger partial charge in [0.1, 0.15) is 0 Å². The van der Waals surface area contributed by atoms with Gasteiger partial charge in [-0.15, -0.1) is 0 Å². The van der Waals surface area contributed by atoms with E-state index in [1.807, 2.05) is 19.1 Å². The van der Waals surface area contributed by atoms with E-state index in [0.717, 1.165) is 11.3 Å². The van der Waals surface area contributed by atoms with Gasteiger partial charge in [-0.25, -0.2) is 0 Å². The van der Waals surface area contributed by atoms with Gasteiger partial charge in [0.2, 0.25) is 5.91 Å². The van der Waals surface area contributed by atoms with E-state index in [1.54, 1.807) is 36.5 Å². The highest BCUT2D eigenvalue weighted by Crippen LogP contribution is 2.10. The number of aryl methyl sites for hydroxylation is 1. The Kier molecular flexibility index (Phi) is 7.16. The summed E-state index contributed by atoms with van der Waals surface area (Å²) in [5, 5.41) is 6.22. The highest BCUT2D eigenvalue weighted by atomic mass is 35.5. The number of carbonyl (C=O) groups excluding carboxylic acids is 2. The Morgan fingerprint density at radius 1 is 1.08 bits per heavy atom. The fourth-order valence-electron chi connectivity index (χ4n) is 2.01. The summed E-state index contributed by atoms with van der Waals surface area (Å²) in [4.78, 5) is 27.7. The smallest absolute Gasteiger partial charge is 0.252 e. The van der Waals surface area contributed by atoms with Gasteiger partial charge in [-0.2, -0.15) is 0 Å².